The first-order valence-electron chi connectivity index (χ1n) is 6.21. The predicted octanol–water partition coefficient (Wildman–Crippen LogP) is 1.77. The SMILES string of the molecule is CC(NC(=O)c1ccc(=O)[nH]c1)c1cccc([N+](=O)[O-])c1. The van der Waals surface area contributed by atoms with Crippen molar-refractivity contribution >= 4 is 11.6 Å². The van der Waals surface area contributed by atoms with Crippen LogP contribution in [0.2, 0.25) is 0 Å². The standard InChI is InChI=1S/C14H13N3O4/c1-9(10-3-2-4-12(7-10)17(20)21)16-14(19)11-5-6-13(18)15-8-11/h2-9H,1H3,(H,15,18)(H,16,19). The van der Waals surface area contributed by atoms with E-state index in [-0.39, 0.29) is 17.2 Å². The number of aromatic nitrogens is 1. The molecule has 2 N–H and O–H groups in total. The third-order valence-corrected chi connectivity index (χ3v) is 2.98. The Morgan fingerprint density at radius 2 is 2.10 bits per heavy atom. The van der Waals surface area contributed by atoms with Crippen LogP contribution in [0.3, 0.4) is 0 Å². The highest BCUT2D eigenvalue weighted by molar-refractivity contribution is 5.94. The second-order valence-corrected chi connectivity index (χ2v) is 4.49. The molecule has 1 amide bonds. The van der Waals surface area contributed by atoms with Crippen molar-refractivity contribution < 1.29 is 9.72 Å². The number of nitro groups is 1. The molecule has 0 bridgehead atoms. The second-order valence-electron chi connectivity index (χ2n) is 4.49. The molecule has 0 aliphatic heterocycles. The fraction of sp³-hybridized carbons (Fsp3) is 0.143. The van der Waals surface area contributed by atoms with Gasteiger partial charge in [0, 0.05) is 24.4 Å². The average molecular weight is 287 g/mol. The molecule has 1 atom stereocenters. The fourth-order valence-corrected chi connectivity index (χ4v) is 1.82. The Labute approximate surface area is 119 Å². The Balaban J connectivity index is 2.13. The summed E-state index contributed by atoms with van der Waals surface area (Å²) in [4.78, 5) is 35.6. The largest absolute Gasteiger partial charge is 0.345 e. The van der Waals surface area contributed by atoms with Crippen LogP contribution < -0.4 is 10.9 Å². The number of carbonyl (C=O) groups excluding carboxylic acids is 1. The average Bonchev–Trinajstić information content (AvgIpc) is 2.48. The van der Waals surface area contributed by atoms with Crippen LogP contribution in [0.4, 0.5) is 5.69 Å². The minimum atomic E-state index is -0.486. The monoisotopic (exact) mass is 287 g/mol. The molecule has 7 nitrogen and oxygen atoms in total. The number of carbonyl (C=O) groups is 1. The van der Waals surface area contributed by atoms with E-state index in [1.54, 1.807) is 19.1 Å². The molecule has 1 aromatic carbocycles. The topological polar surface area (TPSA) is 105 Å². The summed E-state index contributed by atoms with van der Waals surface area (Å²) in [5.41, 5.74) is 0.616. The molecular formula is C14H13N3O4. The van der Waals surface area contributed by atoms with Gasteiger partial charge in [0.15, 0.2) is 0 Å². The van der Waals surface area contributed by atoms with E-state index in [0.717, 1.165) is 0 Å². The number of rotatable bonds is 4. The number of nitro benzene ring substituents is 1. The van der Waals surface area contributed by atoms with Gasteiger partial charge in [0.05, 0.1) is 16.5 Å². The molecule has 1 aromatic heterocycles. The number of aromatic amines is 1. The van der Waals surface area contributed by atoms with Gasteiger partial charge in [-0.3, -0.25) is 19.7 Å². The Bertz CT molecular complexity index is 718. The maximum absolute atomic E-state index is 12.0. The highest BCUT2D eigenvalue weighted by atomic mass is 16.6. The molecule has 0 saturated heterocycles. The lowest BCUT2D eigenvalue weighted by molar-refractivity contribution is -0.384. The molecule has 2 rings (SSSR count). The van der Waals surface area contributed by atoms with E-state index in [0.29, 0.717) is 11.1 Å². The zero-order chi connectivity index (χ0) is 15.4. The maximum atomic E-state index is 12.0. The Hall–Kier alpha value is -2.96. The van der Waals surface area contributed by atoms with Crippen LogP contribution in [0.15, 0.2) is 47.4 Å². The van der Waals surface area contributed by atoms with Crippen LogP contribution in [0.25, 0.3) is 0 Å². The molecule has 7 heteroatoms. The number of benzene rings is 1. The number of pyridine rings is 1. The molecular weight excluding hydrogens is 274 g/mol. The van der Waals surface area contributed by atoms with E-state index in [1.165, 1.54) is 30.5 Å². The molecule has 1 unspecified atom stereocenters. The highest BCUT2D eigenvalue weighted by Gasteiger charge is 2.14. The molecule has 0 fully saturated rings. The van der Waals surface area contributed by atoms with Gasteiger partial charge in [-0.2, -0.15) is 0 Å². The number of nitrogens with zero attached hydrogens (tertiary/aromatic N) is 1. The van der Waals surface area contributed by atoms with Gasteiger partial charge in [-0.1, -0.05) is 12.1 Å². The van der Waals surface area contributed by atoms with Crippen LogP contribution in [0.5, 0.6) is 0 Å². The first-order chi connectivity index (χ1) is 9.97. The quantitative estimate of drug-likeness (QED) is 0.660. The van der Waals surface area contributed by atoms with E-state index in [2.05, 4.69) is 10.3 Å². The number of hydrogen-bond acceptors (Lipinski definition) is 4. The molecule has 0 saturated carbocycles. The zero-order valence-corrected chi connectivity index (χ0v) is 11.2. The molecule has 0 spiro atoms. The van der Waals surface area contributed by atoms with Gasteiger partial charge >= 0.3 is 0 Å². The molecule has 108 valence electrons. The van der Waals surface area contributed by atoms with Gasteiger partial charge in [0.1, 0.15) is 0 Å². The van der Waals surface area contributed by atoms with Crippen LogP contribution in [-0.4, -0.2) is 15.8 Å². The third kappa shape index (κ3) is 3.53. The summed E-state index contributed by atoms with van der Waals surface area (Å²) in [6.45, 7) is 1.72. The lowest BCUT2D eigenvalue weighted by Crippen LogP contribution is -2.27. The molecule has 2 aromatic rings. The highest BCUT2D eigenvalue weighted by Crippen LogP contribution is 2.19. The first-order valence-corrected chi connectivity index (χ1v) is 6.21. The van der Waals surface area contributed by atoms with Crippen molar-refractivity contribution in [3.05, 3.63) is 74.2 Å². The maximum Gasteiger partial charge on any atom is 0.269 e. The van der Waals surface area contributed by atoms with E-state index in [4.69, 9.17) is 0 Å². The number of non-ortho nitro benzene ring substituents is 1. The Morgan fingerprint density at radius 1 is 1.33 bits per heavy atom. The summed E-state index contributed by atoms with van der Waals surface area (Å²) in [6.07, 6.45) is 1.32. The molecule has 21 heavy (non-hydrogen) atoms. The number of hydrogen-bond donors (Lipinski definition) is 2. The number of nitrogens with one attached hydrogen (secondary N) is 2. The summed E-state index contributed by atoms with van der Waals surface area (Å²) >= 11 is 0. The molecule has 0 radical (unpaired) electrons. The van der Waals surface area contributed by atoms with Crippen LogP contribution in [-0.2, 0) is 0 Å². The van der Waals surface area contributed by atoms with Crippen LogP contribution in [0, 0.1) is 10.1 Å². The molecule has 0 aliphatic rings. The second kappa shape index (κ2) is 6.00. The summed E-state index contributed by atoms with van der Waals surface area (Å²) in [5.74, 6) is -0.370. The minimum Gasteiger partial charge on any atom is -0.345 e. The van der Waals surface area contributed by atoms with E-state index in [1.807, 2.05) is 0 Å². The van der Waals surface area contributed by atoms with E-state index >= 15 is 0 Å². The Morgan fingerprint density at radius 3 is 2.71 bits per heavy atom. The third-order valence-electron chi connectivity index (χ3n) is 2.98. The lowest BCUT2D eigenvalue weighted by Gasteiger charge is -2.14. The predicted molar refractivity (Wildman–Crippen MR) is 76.0 cm³/mol. The van der Waals surface area contributed by atoms with Gasteiger partial charge in [-0.15, -0.1) is 0 Å². The fourth-order valence-electron chi connectivity index (χ4n) is 1.82. The van der Waals surface area contributed by atoms with E-state index < -0.39 is 11.0 Å². The van der Waals surface area contributed by atoms with Crippen LogP contribution >= 0.6 is 0 Å². The Kier molecular flexibility index (Phi) is 4.13. The van der Waals surface area contributed by atoms with Gasteiger partial charge in [-0.25, -0.2) is 0 Å². The van der Waals surface area contributed by atoms with Crippen molar-refractivity contribution in [3.8, 4) is 0 Å². The smallest absolute Gasteiger partial charge is 0.269 e. The van der Waals surface area contributed by atoms with E-state index in [9.17, 15) is 19.7 Å². The van der Waals surface area contributed by atoms with Crippen molar-refractivity contribution in [2.45, 2.75) is 13.0 Å². The first kappa shape index (κ1) is 14.4. The molecule has 1 heterocycles. The number of H-pyrrole nitrogens is 1. The summed E-state index contributed by atoms with van der Waals surface area (Å²) in [6, 6.07) is 8.34. The lowest BCUT2D eigenvalue weighted by atomic mass is 10.1. The van der Waals surface area contributed by atoms with Crippen molar-refractivity contribution in [1.82, 2.24) is 10.3 Å². The van der Waals surface area contributed by atoms with Crippen molar-refractivity contribution in [2.24, 2.45) is 0 Å². The van der Waals surface area contributed by atoms with Gasteiger partial charge < -0.3 is 10.3 Å². The normalized spacial score (nSPS) is 11.7. The molecule has 0 aliphatic carbocycles. The summed E-state index contributed by atoms with van der Waals surface area (Å²) in [5, 5.41) is 13.5. The van der Waals surface area contributed by atoms with Crippen molar-refractivity contribution in [2.75, 3.05) is 0 Å². The van der Waals surface area contributed by atoms with Crippen molar-refractivity contribution in [1.29, 1.82) is 0 Å². The van der Waals surface area contributed by atoms with Crippen molar-refractivity contribution in [3.63, 3.8) is 0 Å². The van der Waals surface area contributed by atoms with Crippen LogP contribution in [0.1, 0.15) is 28.9 Å². The van der Waals surface area contributed by atoms with Gasteiger partial charge in [0.2, 0.25) is 5.56 Å². The van der Waals surface area contributed by atoms with Gasteiger partial charge in [-0.05, 0) is 18.6 Å². The van der Waals surface area contributed by atoms with Gasteiger partial charge in [0.25, 0.3) is 11.6 Å². The summed E-state index contributed by atoms with van der Waals surface area (Å²) < 4.78 is 0. The minimum absolute atomic E-state index is 0.0300. The summed E-state index contributed by atoms with van der Waals surface area (Å²) in [7, 11) is 0. The number of amides is 1. The zero-order valence-electron chi connectivity index (χ0n) is 11.2.